The molecule has 1 fully saturated rings. The molecule has 1 aliphatic rings. The molecule has 0 aromatic heterocycles. The SMILES string of the molecule is CC[C@H](C)[C@@H]1NC(=O)C(CCCCN)NC(=O)[C@H](CCC(N)=O)NC(=O)CNC(=O)[C@H](Cc2ccccc2)NC(=O)C(CS)NCCN[C@@H](CS)C(=O)C(=O)CNC(=O)C(CC(C)C)NC(=O)[C@H](CCCNC(=N)N)NC(=O)C(CO)NC(=O)[C@H](C(C)C)NC(=O)C(C)NC(=O)CNC(=O)[C@H]([C@@H](C)CC)NC(=O)[C@H](CCCNC(=N)N)NC(=O)C(CC(=O)O)NC1=O. The molecular formula is C79H133N25O21S2. The first-order chi connectivity index (χ1) is 59.9. The average Bonchev–Trinajstić information content (AvgIpc) is 0.841. The van der Waals surface area contributed by atoms with Gasteiger partial charge < -0.3 is 134 Å². The number of carbonyl (C=O) groups is 19. The van der Waals surface area contributed by atoms with Gasteiger partial charge in [0.05, 0.1) is 44.7 Å². The summed E-state index contributed by atoms with van der Waals surface area (Å²) in [4.78, 5) is 264. The Balaban J connectivity index is 2.82. The van der Waals surface area contributed by atoms with E-state index in [2.05, 4.69) is 126 Å². The number of carboxylic acids is 1. The Morgan fingerprint density at radius 3 is 1.35 bits per heavy atom. The molecule has 2 rings (SSSR count). The number of nitrogens with two attached hydrogens (primary N) is 4. The summed E-state index contributed by atoms with van der Waals surface area (Å²) in [5, 5.41) is 83.9. The maximum Gasteiger partial charge on any atom is 0.305 e. The monoisotopic (exact) mass is 1830 g/mol. The van der Waals surface area contributed by atoms with Gasteiger partial charge in [-0.05, 0) is 100 Å². The van der Waals surface area contributed by atoms with Crippen LogP contribution in [0.1, 0.15) is 151 Å². The zero-order valence-corrected chi connectivity index (χ0v) is 75.1. The van der Waals surface area contributed by atoms with Crippen molar-refractivity contribution in [2.24, 2.45) is 46.6 Å². The highest BCUT2D eigenvalue weighted by Crippen LogP contribution is 2.16. The minimum Gasteiger partial charge on any atom is -0.481 e. The van der Waals surface area contributed by atoms with Crippen molar-refractivity contribution in [2.75, 3.05) is 70.5 Å². The van der Waals surface area contributed by atoms with Gasteiger partial charge in [0, 0.05) is 50.5 Å². The van der Waals surface area contributed by atoms with Crippen LogP contribution in [-0.2, 0) is 97.5 Å². The van der Waals surface area contributed by atoms with Crippen LogP contribution in [0.4, 0.5) is 0 Å². The number of hydrogen-bond acceptors (Lipinski definition) is 27. The zero-order chi connectivity index (χ0) is 95.7. The zero-order valence-electron chi connectivity index (χ0n) is 73.3. The highest BCUT2D eigenvalue weighted by atomic mass is 32.1. The number of primary amides is 1. The number of rotatable bonds is 29. The van der Waals surface area contributed by atoms with Crippen molar-refractivity contribution in [3.8, 4) is 0 Å². The minimum absolute atomic E-state index is 0.00174. The molecular weight excluding hydrogens is 1700 g/mol. The summed E-state index contributed by atoms with van der Waals surface area (Å²) in [5.74, 6) is -23.6. The summed E-state index contributed by atoms with van der Waals surface area (Å²) in [7, 11) is 0. The van der Waals surface area contributed by atoms with Crippen LogP contribution in [-0.4, -0.2) is 289 Å². The summed E-state index contributed by atoms with van der Waals surface area (Å²) in [6, 6.07) is -13.0. The Kier molecular flexibility index (Phi) is 52.4. The maximum atomic E-state index is 14.6. The number of aliphatic carboxylic acids is 1. The first-order valence-corrected chi connectivity index (χ1v) is 43.4. The van der Waals surface area contributed by atoms with Crippen LogP contribution in [0, 0.1) is 34.5 Å². The van der Waals surface area contributed by atoms with Crippen LogP contribution in [0.3, 0.4) is 0 Å². The molecule has 1 saturated heterocycles. The van der Waals surface area contributed by atoms with Gasteiger partial charge in [0.1, 0.15) is 72.5 Å². The van der Waals surface area contributed by atoms with Crippen molar-refractivity contribution >= 4 is 149 Å². The van der Waals surface area contributed by atoms with Gasteiger partial charge in [-0.25, -0.2) is 0 Å². The highest BCUT2D eigenvalue weighted by Gasteiger charge is 2.40. The van der Waals surface area contributed by atoms with Crippen LogP contribution in [0.25, 0.3) is 0 Å². The van der Waals surface area contributed by atoms with Gasteiger partial charge >= 0.3 is 5.97 Å². The number of benzene rings is 1. The van der Waals surface area contributed by atoms with Crippen LogP contribution < -0.4 is 124 Å². The van der Waals surface area contributed by atoms with Gasteiger partial charge in [-0.15, -0.1) is 0 Å². The molecule has 31 N–H and O–H groups in total. The average molecular weight is 1830 g/mol. The van der Waals surface area contributed by atoms with Gasteiger partial charge in [-0.1, -0.05) is 98.6 Å². The largest absolute Gasteiger partial charge is 0.481 e. The fraction of sp³-hybridized carbons (Fsp3) is 0.658. The number of aliphatic hydroxyl groups excluding tert-OH is 1. The molecule has 1 aromatic carbocycles. The second-order valence-corrected chi connectivity index (χ2v) is 32.2. The number of aliphatic hydroxyl groups is 1. The van der Waals surface area contributed by atoms with E-state index in [1.54, 1.807) is 65.0 Å². The molecule has 0 bridgehead atoms. The van der Waals surface area contributed by atoms with E-state index in [1.807, 2.05) is 0 Å². The lowest BCUT2D eigenvalue weighted by molar-refractivity contribution is -0.142. The first-order valence-electron chi connectivity index (χ1n) is 42.2. The van der Waals surface area contributed by atoms with Crippen molar-refractivity contribution in [1.82, 2.24) is 101 Å². The summed E-state index contributed by atoms with van der Waals surface area (Å²) < 4.78 is 0. The quantitative estimate of drug-likeness (QED) is 0.0116. The number of Topliss-reactive ketones (excluding diaryl/α,β-unsaturated/α-hetero) is 2. The van der Waals surface area contributed by atoms with E-state index in [-0.39, 0.29) is 114 Å². The normalized spacial score (nSPS) is 25.0. The lowest BCUT2D eigenvalue weighted by Crippen LogP contribution is -2.61. The Hall–Kier alpha value is -11.4. The molecule has 1 aliphatic heterocycles. The van der Waals surface area contributed by atoms with E-state index >= 15 is 0 Å². The van der Waals surface area contributed by atoms with Crippen LogP contribution in [0.2, 0.25) is 0 Å². The number of carboxylic acid groups (broad SMARTS) is 1. The van der Waals surface area contributed by atoms with Crippen LogP contribution in [0.5, 0.6) is 0 Å². The maximum absolute atomic E-state index is 14.6. The first kappa shape index (κ1) is 112. The molecule has 6 unspecified atom stereocenters. The number of carbonyl (C=O) groups excluding carboxylic acids is 18. The number of amides is 16. The topological polar surface area (TPSA) is 745 Å². The molecule has 127 heavy (non-hydrogen) atoms. The third-order valence-corrected chi connectivity index (χ3v) is 21.0. The van der Waals surface area contributed by atoms with Crippen molar-refractivity contribution in [1.29, 1.82) is 10.8 Å². The number of thiol groups is 2. The molecule has 0 radical (unpaired) electrons. The van der Waals surface area contributed by atoms with Crippen molar-refractivity contribution in [2.45, 2.75) is 237 Å². The van der Waals surface area contributed by atoms with E-state index in [1.165, 1.54) is 27.7 Å². The fourth-order valence-electron chi connectivity index (χ4n) is 12.6. The van der Waals surface area contributed by atoms with Crippen molar-refractivity contribution < 1.29 is 101 Å². The van der Waals surface area contributed by atoms with E-state index < -0.39 is 272 Å². The minimum atomic E-state index is -2.00. The lowest BCUT2D eigenvalue weighted by Gasteiger charge is -2.30. The van der Waals surface area contributed by atoms with Crippen molar-refractivity contribution in [3.05, 3.63) is 35.9 Å². The molecule has 1 aromatic rings. The number of ketones is 2. The number of unbranched alkanes of at least 4 members (excludes halogenated alkanes) is 1. The molecule has 1 heterocycles. The van der Waals surface area contributed by atoms with Gasteiger partial charge in [-0.2, -0.15) is 25.3 Å². The van der Waals surface area contributed by atoms with Gasteiger partial charge in [0.15, 0.2) is 11.9 Å². The molecule has 0 aliphatic carbocycles. The predicted octanol–water partition coefficient (Wildman–Crippen LogP) is -8.47. The molecule has 0 spiro atoms. The molecule has 0 saturated carbocycles. The van der Waals surface area contributed by atoms with E-state index in [0.29, 0.717) is 12.0 Å². The Labute approximate surface area is 748 Å². The Morgan fingerprint density at radius 1 is 0.465 bits per heavy atom. The fourth-order valence-corrected chi connectivity index (χ4v) is 13.2. The number of hydrogen-bond donors (Lipinski definition) is 29. The van der Waals surface area contributed by atoms with Gasteiger partial charge in [0.25, 0.3) is 0 Å². The molecule has 16 amide bonds. The Bertz CT molecular complexity index is 3910. The van der Waals surface area contributed by atoms with Gasteiger partial charge in [0.2, 0.25) is 106 Å². The second-order valence-electron chi connectivity index (χ2n) is 31.5. The number of nitrogens with one attached hydrogen (secondary N) is 21. The number of guanidine groups is 2. The van der Waals surface area contributed by atoms with E-state index in [4.69, 9.17) is 33.8 Å². The second kappa shape index (κ2) is 59.6. The third kappa shape index (κ3) is 42.7. The van der Waals surface area contributed by atoms with E-state index in [0.717, 1.165) is 0 Å². The van der Waals surface area contributed by atoms with E-state index in [9.17, 15) is 101 Å². The summed E-state index contributed by atoms with van der Waals surface area (Å²) >= 11 is 8.60. The summed E-state index contributed by atoms with van der Waals surface area (Å²) in [6.45, 7) is 10.3. The Morgan fingerprint density at radius 2 is 0.874 bits per heavy atom. The molecule has 48 heteroatoms. The standard InChI is InChI=1S/C79H133N25O21S2/c1-10-42(7)62-75(123)92-35-58(108)93-44(9)65(113)102-61(41(5)6)76(124)101-53(37-105)73(121)97-47(22-17-27-88-78(82)83)68(116)98-50(31-40(3)4)66(114)90-34-56(106)64(112)54(38-126)86-29-30-87-55(39-127)74(122)99-51(32-45-19-13-12-14-20-45)67(115)91-36-59(109)94-49(24-25-57(81)107)69(117)95-46(21-15-16-26-80)70(118)104-63(43(8)11-2)77(125)100-52(33-60(110)111)72(120)96-48(71(119)103-62)23-18-28-89-79(84)85/h12-14,19-20,40-44,46-55,61-63,86-87,105,126-127H,10-11,15-18,21-39,80H2,1-9H3,(H2,81,107)(H,90,114)(H,91,115)(H,92,123)(H,93,108)(H,94,109)(H,95,117)(H,96,120)(H,97,121)(H,98,116)(H,99,122)(H,100,125)(H,101,124)(H,102,113)(H,103,119)(H,104,118)(H,110,111)(H4,82,83,88)(H4,84,85,89)/t42-,43-,44?,46?,47-,48-,49-,50?,51-,52?,53?,54-,55?,61-,62-,63-/m0/s1. The molecule has 46 nitrogen and oxygen atoms in total. The predicted molar refractivity (Wildman–Crippen MR) is 471 cm³/mol. The summed E-state index contributed by atoms with van der Waals surface area (Å²) in [6.07, 6.45) is -2.07. The van der Waals surface area contributed by atoms with Crippen molar-refractivity contribution in [3.63, 3.8) is 0 Å². The van der Waals surface area contributed by atoms with Crippen LogP contribution in [0.15, 0.2) is 30.3 Å². The van der Waals surface area contributed by atoms with Crippen LogP contribution >= 0.6 is 25.3 Å². The van der Waals surface area contributed by atoms with Gasteiger partial charge in [-0.3, -0.25) is 102 Å². The smallest absolute Gasteiger partial charge is 0.305 e. The third-order valence-electron chi connectivity index (χ3n) is 20.3. The summed E-state index contributed by atoms with van der Waals surface area (Å²) in [5.41, 5.74) is 22.8. The molecule has 712 valence electrons. The lowest BCUT2D eigenvalue weighted by atomic mass is 9.96. The highest BCUT2D eigenvalue weighted by molar-refractivity contribution is 7.80. The molecule has 16 atom stereocenters.